The number of carbonyl (C=O) groups is 2. The number of fused-ring (bicyclic) bond motifs is 1. The number of hydrogen-bond donors (Lipinski definition) is 3. The number of benzene rings is 2. The van der Waals surface area contributed by atoms with Crippen molar-refractivity contribution in [2.75, 3.05) is 5.32 Å². The summed E-state index contributed by atoms with van der Waals surface area (Å²) >= 11 is 0. The molecule has 4 N–H and O–H groups in total. The highest BCUT2D eigenvalue weighted by atomic mass is 19.1. The summed E-state index contributed by atoms with van der Waals surface area (Å²) in [7, 11) is 0. The molecule has 0 radical (unpaired) electrons. The fraction of sp³-hybridized carbons (Fsp3) is 0.105. The Labute approximate surface area is 147 Å². The molecule has 1 heterocycles. The van der Waals surface area contributed by atoms with Crippen molar-refractivity contribution in [2.24, 2.45) is 5.73 Å². The van der Waals surface area contributed by atoms with Gasteiger partial charge < -0.3 is 16.0 Å². The number of hydrogen-bond acceptors (Lipinski definition) is 3. The van der Waals surface area contributed by atoms with Gasteiger partial charge in [0.25, 0.3) is 5.56 Å². The third-order valence-electron chi connectivity index (χ3n) is 3.96. The van der Waals surface area contributed by atoms with Crippen molar-refractivity contribution in [1.82, 2.24) is 4.98 Å². The van der Waals surface area contributed by atoms with Crippen LogP contribution in [0.2, 0.25) is 0 Å². The highest BCUT2D eigenvalue weighted by Crippen LogP contribution is 2.14. The van der Waals surface area contributed by atoms with Crippen LogP contribution in [0.4, 0.5) is 10.1 Å². The Bertz CT molecular complexity index is 1040. The molecule has 0 unspecified atom stereocenters. The number of amides is 2. The summed E-state index contributed by atoms with van der Waals surface area (Å²) in [5.74, 6) is -1.22. The Morgan fingerprint density at radius 3 is 2.50 bits per heavy atom. The average molecular weight is 353 g/mol. The molecule has 0 fully saturated rings. The number of primary amides is 1. The summed E-state index contributed by atoms with van der Waals surface area (Å²) in [6.45, 7) is 0. The number of carbonyl (C=O) groups excluding carboxylic acids is 2. The van der Waals surface area contributed by atoms with Gasteiger partial charge in [-0.15, -0.1) is 0 Å². The zero-order valence-electron chi connectivity index (χ0n) is 13.7. The van der Waals surface area contributed by atoms with Crippen LogP contribution in [0.5, 0.6) is 0 Å². The number of nitrogens with one attached hydrogen (secondary N) is 2. The molecule has 0 aliphatic heterocycles. The second-order valence-electron chi connectivity index (χ2n) is 5.85. The fourth-order valence-corrected chi connectivity index (χ4v) is 2.60. The second kappa shape index (κ2) is 7.18. The number of aromatic nitrogens is 1. The van der Waals surface area contributed by atoms with Crippen LogP contribution in [0.3, 0.4) is 0 Å². The van der Waals surface area contributed by atoms with Crippen molar-refractivity contribution >= 4 is 28.4 Å². The smallest absolute Gasteiger partial charge is 0.251 e. The minimum absolute atomic E-state index is 0.0848. The maximum Gasteiger partial charge on any atom is 0.251 e. The van der Waals surface area contributed by atoms with Crippen LogP contribution in [-0.4, -0.2) is 16.8 Å². The normalized spacial score (nSPS) is 10.7. The predicted molar refractivity (Wildman–Crippen MR) is 96.4 cm³/mol. The highest BCUT2D eigenvalue weighted by Gasteiger charge is 2.08. The van der Waals surface area contributed by atoms with Crippen molar-refractivity contribution < 1.29 is 14.0 Å². The van der Waals surface area contributed by atoms with Gasteiger partial charge in [0.2, 0.25) is 11.8 Å². The minimum atomic E-state index is -0.546. The molecule has 0 saturated carbocycles. The number of aryl methyl sites for hydroxylation is 1. The molecular formula is C19H16FN3O3. The zero-order valence-corrected chi connectivity index (χ0v) is 13.7. The van der Waals surface area contributed by atoms with Crippen LogP contribution in [0.25, 0.3) is 10.9 Å². The lowest BCUT2D eigenvalue weighted by Gasteiger charge is -2.06. The van der Waals surface area contributed by atoms with Gasteiger partial charge in [-0.1, -0.05) is 0 Å². The van der Waals surface area contributed by atoms with Gasteiger partial charge in [0.1, 0.15) is 5.82 Å². The third-order valence-corrected chi connectivity index (χ3v) is 3.96. The quantitative estimate of drug-likeness (QED) is 0.655. The summed E-state index contributed by atoms with van der Waals surface area (Å²) < 4.78 is 13.3. The summed E-state index contributed by atoms with van der Waals surface area (Å²) in [4.78, 5) is 37.8. The average Bonchev–Trinajstić information content (AvgIpc) is 2.60. The largest absolute Gasteiger partial charge is 0.366 e. The van der Waals surface area contributed by atoms with Crippen LogP contribution < -0.4 is 16.6 Å². The van der Waals surface area contributed by atoms with E-state index in [9.17, 15) is 18.8 Å². The maximum atomic E-state index is 13.3. The number of H-pyrrole nitrogens is 1. The van der Waals surface area contributed by atoms with Crippen LogP contribution in [0, 0.1) is 5.82 Å². The van der Waals surface area contributed by atoms with E-state index in [1.54, 1.807) is 18.2 Å². The molecule has 1 aromatic heterocycles. The molecule has 0 saturated heterocycles. The monoisotopic (exact) mass is 353 g/mol. The number of anilines is 1. The molecule has 0 atom stereocenters. The third kappa shape index (κ3) is 3.94. The van der Waals surface area contributed by atoms with E-state index < -0.39 is 11.7 Å². The topological polar surface area (TPSA) is 105 Å². The van der Waals surface area contributed by atoms with Gasteiger partial charge in [-0.05, 0) is 55.0 Å². The van der Waals surface area contributed by atoms with Crippen molar-refractivity contribution in [1.29, 1.82) is 0 Å². The zero-order chi connectivity index (χ0) is 18.7. The Hall–Kier alpha value is -3.48. The molecule has 26 heavy (non-hydrogen) atoms. The van der Waals surface area contributed by atoms with Crippen LogP contribution >= 0.6 is 0 Å². The number of aromatic amines is 1. The number of pyridine rings is 1. The van der Waals surface area contributed by atoms with Gasteiger partial charge in [-0.2, -0.15) is 0 Å². The lowest BCUT2D eigenvalue weighted by molar-refractivity contribution is -0.116. The fourth-order valence-electron chi connectivity index (χ4n) is 2.60. The standard InChI is InChI=1S/C19H16FN3O3/c20-14-4-7-16-13(10-14)9-12(19(26)23-16)3-8-17(24)22-15-5-1-11(2-6-15)18(21)25/h1-2,4-7,9-10H,3,8H2,(H2,21,25)(H,22,24)(H,23,26). The molecule has 6 nitrogen and oxygen atoms in total. The van der Waals surface area contributed by atoms with Gasteiger partial charge in [-0.25, -0.2) is 4.39 Å². The SMILES string of the molecule is NC(=O)c1ccc(NC(=O)CCc2cc3cc(F)ccc3[nH]c2=O)cc1. The molecule has 3 rings (SSSR count). The molecule has 0 bridgehead atoms. The molecule has 0 aliphatic rings. The molecule has 132 valence electrons. The van der Waals surface area contributed by atoms with Gasteiger partial charge in [-0.3, -0.25) is 14.4 Å². The molecule has 2 amide bonds. The molecule has 7 heteroatoms. The summed E-state index contributed by atoms with van der Waals surface area (Å²) in [5.41, 5.74) is 6.67. The molecule has 0 spiro atoms. The molecule has 0 aliphatic carbocycles. The van der Waals surface area contributed by atoms with E-state index in [0.29, 0.717) is 27.7 Å². The first-order valence-electron chi connectivity index (χ1n) is 7.93. The minimum Gasteiger partial charge on any atom is -0.366 e. The Balaban J connectivity index is 1.67. The molecular weight excluding hydrogens is 337 g/mol. The second-order valence-corrected chi connectivity index (χ2v) is 5.85. The van der Waals surface area contributed by atoms with E-state index >= 15 is 0 Å². The van der Waals surface area contributed by atoms with Crippen molar-refractivity contribution in [3.8, 4) is 0 Å². The Kier molecular flexibility index (Phi) is 4.79. The number of rotatable bonds is 5. The Morgan fingerprint density at radius 1 is 1.08 bits per heavy atom. The summed E-state index contributed by atoms with van der Waals surface area (Å²) in [6.07, 6.45) is 0.300. The maximum absolute atomic E-state index is 13.3. The van der Waals surface area contributed by atoms with E-state index in [1.807, 2.05) is 0 Å². The van der Waals surface area contributed by atoms with E-state index in [0.717, 1.165) is 0 Å². The first-order chi connectivity index (χ1) is 12.4. The lowest BCUT2D eigenvalue weighted by Crippen LogP contribution is -2.17. The van der Waals surface area contributed by atoms with Gasteiger partial charge >= 0.3 is 0 Å². The van der Waals surface area contributed by atoms with Crippen LogP contribution in [0.15, 0.2) is 53.3 Å². The van der Waals surface area contributed by atoms with E-state index in [2.05, 4.69) is 10.3 Å². The number of nitrogens with two attached hydrogens (primary N) is 1. The predicted octanol–water partition coefficient (Wildman–Crippen LogP) is 2.34. The van der Waals surface area contributed by atoms with Gasteiger partial charge in [0, 0.05) is 34.1 Å². The van der Waals surface area contributed by atoms with Gasteiger partial charge in [0.05, 0.1) is 0 Å². The number of halogens is 1. The van der Waals surface area contributed by atoms with Crippen LogP contribution in [0.1, 0.15) is 22.3 Å². The molecule has 3 aromatic rings. The summed E-state index contributed by atoms with van der Waals surface area (Å²) in [6, 6.07) is 11.9. The van der Waals surface area contributed by atoms with E-state index in [4.69, 9.17) is 5.73 Å². The van der Waals surface area contributed by atoms with Crippen molar-refractivity contribution in [3.63, 3.8) is 0 Å². The van der Waals surface area contributed by atoms with Crippen molar-refractivity contribution in [2.45, 2.75) is 12.8 Å². The van der Waals surface area contributed by atoms with Gasteiger partial charge in [0.15, 0.2) is 0 Å². The lowest BCUT2D eigenvalue weighted by atomic mass is 10.1. The van der Waals surface area contributed by atoms with Crippen molar-refractivity contribution in [3.05, 3.63) is 75.8 Å². The highest BCUT2D eigenvalue weighted by molar-refractivity contribution is 5.94. The van der Waals surface area contributed by atoms with E-state index in [-0.39, 0.29) is 24.3 Å². The first kappa shape index (κ1) is 17.3. The molecule has 2 aromatic carbocycles. The Morgan fingerprint density at radius 2 is 1.81 bits per heavy atom. The summed E-state index contributed by atoms with van der Waals surface area (Å²) in [5, 5.41) is 3.25. The first-order valence-corrected chi connectivity index (χ1v) is 7.93. The van der Waals surface area contributed by atoms with E-state index in [1.165, 1.54) is 30.3 Å². The van der Waals surface area contributed by atoms with Crippen LogP contribution in [-0.2, 0) is 11.2 Å².